The summed E-state index contributed by atoms with van der Waals surface area (Å²) in [6.07, 6.45) is 1.31. The molecule has 19 heavy (non-hydrogen) atoms. The van der Waals surface area contributed by atoms with Crippen LogP contribution in [0.2, 0.25) is 5.02 Å². The Balaban J connectivity index is 2.11. The summed E-state index contributed by atoms with van der Waals surface area (Å²) in [6.45, 7) is 0. The molecule has 1 atom stereocenters. The molecule has 2 rings (SSSR count). The molecule has 0 saturated carbocycles. The number of carboxylic acids is 1. The van der Waals surface area contributed by atoms with E-state index in [-0.39, 0.29) is 0 Å². The van der Waals surface area contributed by atoms with Gasteiger partial charge in [-0.2, -0.15) is 0 Å². The Kier molecular flexibility index (Phi) is 4.58. The van der Waals surface area contributed by atoms with Gasteiger partial charge < -0.3 is 5.11 Å². The van der Waals surface area contributed by atoms with Gasteiger partial charge in [-0.25, -0.2) is 0 Å². The quantitative estimate of drug-likeness (QED) is 0.890. The number of halogens is 1. The van der Waals surface area contributed by atoms with E-state index in [0.717, 1.165) is 17.5 Å². The number of aryl methyl sites for hydroxylation is 1. The summed E-state index contributed by atoms with van der Waals surface area (Å²) in [6, 6.07) is 17.0. The molecule has 0 spiro atoms. The molecule has 0 aliphatic rings. The lowest BCUT2D eigenvalue weighted by Crippen LogP contribution is -2.12. The van der Waals surface area contributed by atoms with Gasteiger partial charge in [-0.1, -0.05) is 54.1 Å². The van der Waals surface area contributed by atoms with Gasteiger partial charge in [0.2, 0.25) is 0 Å². The Hall–Kier alpha value is -1.80. The number of hydrogen-bond acceptors (Lipinski definition) is 1. The molecule has 0 aliphatic carbocycles. The van der Waals surface area contributed by atoms with Crippen molar-refractivity contribution in [3.63, 3.8) is 0 Å². The van der Waals surface area contributed by atoms with Crippen molar-refractivity contribution in [3.05, 3.63) is 70.7 Å². The first-order valence-electron chi connectivity index (χ1n) is 6.19. The third-order valence-electron chi connectivity index (χ3n) is 3.11. The smallest absolute Gasteiger partial charge is 0.310 e. The standard InChI is InChI=1S/C16H15ClO2/c17-14-8-4-7-13(11-14)15(16(18)19)10-9-12-5-2-1-3-6-12/h1-8,11,15H,9-10H2,(H,18,19)/t15-/m0/s1. The van der Waals surface area contributed by atoms with Crippen LogP contribution < -0.4 is 0 Å². The van der Waals surface area contributed by atoms with E-state index in [2.05, 4.69) is 0 Å². The first kappa shape index (κ1) is 13.6. The van der Waals surface area contributed by atoms with E-state index >= 15 is 0 Å². The van der Waals surface area contributed by atoms with Gasteiger partial charge in [-0.3, -0.25) is 4.79 Å². The number of carboxylic acid groups (broad SMARTS) is 1. The average Bonchev–Trinajstić information content (AvgIpc) is 2.40. The molecule has 0 amide bonds. The van der Waals surface area contributed by atoms with E-state index in [1.807, 2.05) is 36.4 Å². The molecule has 0 saturated heterocycles. The maximum absolute atomic E-state index is 11.4. The molecular formula is C16H15ClO2. The summed E-state index contributed by atoms with van der Waals surface area (Å²) in [5.74, 6) is -1.32. The maximum atomic E-state index is 11.4. The Bertz CT molecular complexity index is 552. The van der Waals surface area contributed by atoms with Crippen molar-refractivity contribution in [2.75, 3.05) is 0 Å². The van der Waals surface area contributed by atoms with Gasteiger partial charge in [-0.05, 0) is 36.1 Å². The van der Waals surface area contributed by atoms with Crippen LogP contribution in [0.25, 0.3) is 0 Å². The summed E-state index contributed by atoms with van der Waals surface area (Å²) in [5, 5.41) is 9.93. The zero-order valence-electron chi connectivity index (χ0n) is 10.4. The van der Waals surface area contributed by atoms with Crippen LogP contribution in [0, 0.1) is 0 Å². The maximum Gasteiger partial charge on any atom is 0.310 e. The van der Waals surface area contributed by atoms with E-state index in [9.17, 15) is 9.90 Å². The highest BCUT2D eigenvalue weighted by Gasteiger charge is 2.19. The zero-order chi connectivity index (χ0) is 13.7. The highest BCUT2D eigenvalue weighted by atomic mass is 35.5. The molecule has 0 heterocycles. The number of rotatable bonds is 5. The van der Waals surface area contributed by atoms with Crippen molar-refractivity contribution in [2.45, 2.75) is 18.8 Å². The van der Waals surface area contributed by atoms with Crippen LogP contribution in [-0.4, -0.2) is 11.1 Å². The summed E-state index contributed by atoms with van der Waals surface area (Å²) >= 11 is 5.92. The molecule has 2 aromatic carbocycles. The lowest BCUT2D eigenvalue weighted by molar-refractivity contribution is -0.138. The molecule has 3 heteroatoms. The van der Waals surface area contributed by atoms with Gasteiger partial charge in [0.25, 0.3) is 0 Å². The minimum Gasteiger partial charge on any atom is -0.481 e. The molecule has 0 unspecified atom stereocenters. The number of benzene rings is 2. The van der Waals surface area contributed by atoms with E-state index < -0.39 is 11.9 Å². The molecule has 0 bridgehead atoms. The van der Waals surface area contributed by atoms with Crippen LogP contribution >= 0.6 is 11.6 Å². The molecule has 0 aromatic heterocycles. The van der Waals surface area contributed by atoms with Gasteiger partial charge in [0, 0.05) is 5.02 Å². The fraction of sp³-hybridized carbons (Fsp3) is 0.188. The normalized spacial score (nSPS) is 12.1. The molecule has 0 fully saturated rings. The third kappa shape index (κ3) is 3.83. The van der Waals surface area contributed by atoms with E-state index in [0.29, 0.717) is 11.4 Å². The Morgan fingerprint density at radius 1 is 1.11 bits per heavy atom. The summed E-state index contributed by atoms with van der Waals surface area (Å²) < 4.78 is 0. The predicted molar refractivity (Wildman–Crippen MR) is 76.6 cm³/mol. The minimum absolute atomic E-state index is 0.515. The van der Waals surface area contributed by atoms with E-state index in [1.54, 1.807) is 18.2 Å². The van der Waals surface area contributed by atoms with Crippen LogP contribution in [0.5, 0.6) is 0 Å². The topological polar surface area (TPSA) is 37.3 Å². The first-order chi connectivity index (χ1) is 9.16. The second-order valence-electron chi connectivity index (χ2n) is 4.47. The Labute approximate surface area is 117 Å². The second-order valence-corrected chi connectivity index (χ2v) is 4.91. The lowest BCUT2D eigenvalue weighted by Gasteiger charge is -2.13. The van der Waals surface area contributed by atoms with Gasteiger partial charge in [-0.15, -0.1) is 0 Å². The fourth-order valence-electron chi connectivity index (χ4n) is 2.11. The van der Waals surface area contributed by atoms with Crippen LogP contribution in [0.1, 0.15) is 23.5 Å². The summed E-state index contributed by atoms with van der Waals surface area (Å²) in [7, 11) is 0. The van der Waals surface area contributed by atoms with Crippen molar-refractivity contribution in [2.24, 2.45) is 0 Å². The van der Waals surface area contributed by atoms with Crippen LogP contribution in [0.4, 0.5) is 0 Å². The molecule has 1 N–H and O–H groups in total. The van der Waals surface area contributed by atoms with Crippen LogP contribution in [-0.2, 0) is 11.2 Å². The van der Waals surface area contributed by atoms with E-state index in [4.69, 9.17) is 11.6 Å². The SMILES string of the molecule is O=C(O)[C@@H](CCc1ccccc1)c1cccc(Cl)c1. The summed E-state index contributed by atoms with van der Waals surface area (Å²) in [5.41, 5.74) is 1.91. The largest absolute Gasteiger partial charge is 0.481 e. The highest BCUT2D eigenvalue weighted by Crippen LogP contribution is 2.24. The van der Waals surface area contributed by atoms with Crippen molar-refractivity contribution >= 4 is 17.6 Å². The average molecular weight is 275 g/mol. The van der Waals surface area contributed by atoms with Crippen molar-refractivity contribution in [1.82, 2.24) is 0 Å². The lowest BCUT2D eigenvalue weighted by atomic mass is 9.92. The molecular weight excluding hydrogens is 260 g/mol. The number of aliphatic carboxylic acids is 1. The number of carbonyl (C=O) groups is 1. The minimum atomic E-state index is -0.807. The molecule has 98 valence electrons. The van der Waals surface area contributed by atoms with Crippen molar-refractivity contribution in [3.8, 4) is 0 Å². The number of hydrogen-bond donors (Lipinski definition) is 1. The van der Waals surface area contributed by atoms with Crippen LogP contribution in [0.3, 0.4) is 0 Å². The van der Waals surface area contributed by atoms with Gasteiger partial charge in [0.05, 0.1) is 5.92 Å². The molecule has 0 radical (unpaired) electrons. The van der Waals surface area contributed by atoms with Gasteiger partial charge in [0.1, 0.15) is 0 Å². The molecule has 0 aliphatic heterocycles. The Morgan fingerprint density at radius 2 is 1.84 bits per heavy atom. The van der Waals surface area contributed by atoms with E-state index in [1.165, 1.54) is 0 Å². The second kappa shape index (κ2) is 6.39. The van der Waals surface area contributed by atoms with Gasteiger partial charge in [0.15, 0.2) is 0 Å². The van der Waals surface area contributed by atoms with Crippen LogP contribution in [0.15, 0.2) is 54.6 Å². The monoisotopic (exact) mass is 274 g/mol. The van der Waals surface area contributed by atoms with Gasteiger partial charge >= 0.3 is 5.97 Å². The van der Waals surface area contributed by atoms with Crippen molar-refractivity contribution < 1.29 is 9.90 Å². The van der Waals surface area contributed by atoms with Crippen molar-refractivity contribution in [1.29, 1.82) is 0 Å². The third-order valence-corrected chi connectivity index (χ3v) is 3.35. The Morgan fingerprint density at radius 3 is 2.47 bits per heavy atom. The first-order valence-corrected chi connectivity index (χ1v) is 6.57. The molecule has 2 nitrogen and oxygen atoms in total. The molecule has 2 aromatic rings. The highest BCUT2D eigenvalue weighted by molar-refractivity contribution is 6.30. The zero-order valence-corrected chi connectivity index (χ0v) is 11.2. The predicted octanol–water partition coefficient (Wildman–Crippen LogP) is 4.14. The fourth-order valence-corrected chi connectivity index (χ4v) is 2.31. The summed E-state index contributed by atoms with van der Waals surface area (Å²) in [4.78, 5) is 11.4.